The van der Waals surface area contributed by atoms with Crippen molar-refractivity contribution in [3.05, 3.63) is 70.8 Å². The molecule has 2 saturated heterocycles. The Bertz CT molecular complexity index is 907. The maximum atomic E-state index is 14.2. The standard InChI is InChI=1S/C27H36N2O3/c1-19-11-7-9-13-21(19)15-28-24(26(3,4)17-31-28)23(30)25-27(5,6)18-32-29(25)16-22-14-10-8-12-20(22)2/h7-14,24-25H,15-18H2,1-6H3. The summed E-state index contributed by atoms with van der Waals surface area (Å²) in [6, 6.07) is 15.9. The number of hydrogen-bond donors (Lipinski definition) is 0. The average Bonchev–Trinajstić information content (AvgIpc) is 3.19. The van der Waals surface area contributed by atoms with E-state index in [0.717, 1.165) is 0 Å². The number of hydroxylamine groups is 4. The lowest BCUT2D eigenvalue weighted by Crippen LogP contribution is -2.54. The Balaban J connectivity index is 1.62. The van der Waals surface area contributed by atoms with E-state index in [1.165, 1.54) is 22.3 Å². The van der Waals surface area contributed by atoms with E-state index in [9.17, 15) is 4.79 Å². The van der Waals surface area contributed by atoms with Crippen LogP contribution in [-0.4, -0.2) is 41.2 Å². The molecule has 2 aromatic rings. The van der Waals surface area contributed by atoms with Gasteiger partial charge in [0.2, 0.25) is 0 Å². The van der Waals surface area contributed by atoms with Crippen molar-refractivity contribution in [3.8, 4) is 0 Å². The summed E-state index contributed by atoms with van der Waals surface area (Å²) in [7, 11) is 0. The normalized spacial score (nSPS) is 25.3. The summed E-state index contributed by atoms with van der Waals surface area (Å²) >= 11 is 0. The molecule has 2 aromatic carbocycles. The third-order valence-corrected chi connectivity index (χ3v) is 6.98. The molecule has 5 nitrogen and oxygen atoms in total. The van der Waals surface area contributed by atoms with Crippen molar-refractivity contribution in [3.63, 3.8) is 0 Å². The Morgan fingerprint density at radius 3 is 1.53 bits per heavy atom. The zero-order valence-corrected chi connectivity index (χ0v) is 20.2. The van der Waals surface area contributed by atoms with Crippen LogP contribution < -0.4 is 0 Å². The van der Waals surface area contributed by atoms with Crippen molar-refractivity contribution >= 4 is 5.78 Å². The molecule has 2 heterocycles. The molecule has 2 fully saturated rings. The third kappa shape index (κ3) is 4.40. The maximum Gasteiger partial charge on any atom is 0.173 e. The molecule has 4 rings (SSSR count). The monoisotopic (exact) mass is 436 g/mol. The van der Waals surface area contributed by atoms with Crippen LogP contribution in [0.5, 0.6) is 0 Å². The minimum Gasteiger partial charge on any atom is -0.297 e. The molecule has 0 radical (unpaired) electrons. The van der Waals surface area contributed by atoms with Gasteiger partial charge in [0.1, 0.15) is 12.1 Å². The highest BCUT2D eigenvalue weighted by Crippen LogP contribution is 2.41. The molecule has 2 unspecified atom stereocenters. The zero-order valence-electron chi connectivity index (χ0n) is 20.2. The van der Waals surface area contributed by atoms with Crippen LogP contribution >= 0.6 is 0 Å². The summed E-state index contributed by atoms with van der Waals surface area (Å²) in [5, 5.41) is 3.82. The van der Waals surface area contributed by atoms with E-state index in [0.29, 0.717) is 26.3 Å². The first kappa shape index (κ1) is 23.1. The van der Waals surface area contributed by atoms with Crippen molar-refractivity contribution < 1.29 is 14.5 Å². The maximum absolute atomic E-state index is 14.2. The van der Waals surface area contributed by atoms with Crippen LogP contribution in [0.1, 0.15) is 49.9 Å². The number of nitrogens with zero attached hydrogens (tertiary/aromatic N) is 2. The smallest absolute Gasteiger partial charge is 0.173 e. The van der Waals surface area contributed by atoms with Gasteiger partial charge in [0.05, 0.1) is 26.3 Å². The molecule has 0 bridgehead atoms. The molecule has 5 heteroatoms. The summed E-state index contributed by atoms with van der Waals surface area (Å²) in [6.07, 6.45) is 0. The molecule has 172 valence electrons. The van der Waals surface area contributed by atoms with Crippen molar-refractivity contribution in [2.45, 2.75) is 66.7 Å². The van der Waals surface area contributed by atoms with Crippen molar-refractivity contribution in [1.29, 1.82) is 0 Å². The molecule has 0 aromatic heterocycles. The second-order valence-electron chi connectivity index (χ2n) is 10.7. The Labute approximate surface area is 192 Å². The van der Waals surface area contributed by atoms with Crippen LogP contribution in [0.4, 0.5) is 0 Å². The highest BCUT2D eigenvalue weighted by Gasteiger charge is 2.55. The number of carbonyl (C=O) groups is 1. The third-order valence-electron chi connectivity index (χ3n) is 6.98. The van der Waals surface area contributed by atoms with Gasteiger partial charge in [-0.3, -0.25) is 14.5 Å². The van der Waals surface area contributed by atoms with Crippen molar-refractivity contribution in [2.24, 2.45) is 10.8 Å². The summed E-state index contributed by atoms with van der Waals surface area (Å²) in [5.74, 6) is 0.178. The van der Waals surface area contributed by atoms with Crippen LogP contribution in [0.15, 0.2) is 48.5 Å². The van der Waals surface area contributed by atoms with Gasteiger partial charge in [-0.2, -0.15) is 10.1 Å². The fraction of sp³-hybridized carbons (Fsp3) is 0.519. The minimum absolute atomic E-state index is 0.178. The summed E-state index contributed by atoms with van der Waals surface area (Å²) < 4.78 is 0. The molecule has 0 saturated carbocycles. The number of carbonyl (C=O) groups excluding carboxylic acids is 1. The first-order valence-corrected chi connectivity index (χ1v) is 11.5. The van der Waals surface area contributed by atoms with Gasteiger partial charge in [-0.05, 0) is 36.1 Å². The van der Waals surface area contributed by atoms with Gasteiger partial charge in [-0.1, -0.05) is 76.2 Å². The largest absolute Gasteiger partial charge is 0.297 e. The first-order valence-electron chi connectivity index (χ1n) is 11.5. The van der Waals surface area contributed by atoms with Gasteiger partial charge in [0.25, 0.3) is 0 Å². The second kappa shape index (κ2) is 8.71. The second-order valence-corrected chi connectivity index (χ2v) is 10.7. The van der Waals surface area contributed by atoms with Crippen LogP contribution in [0, 0.1) is 24.7 Å². The lowest BCUT2D eigenvalue weighted by molar-refractivity contribution is -0.175. The summed E-state index contributed by atoms with van der Waals surface area (Å²) in [5.41, 5.74) is 4.21. The van der Waals surface area contributed by atoms with Crippen LogP contribution in [-0.2, 0) is 27.6 Å². The molecule has 0 amide bonds. The highest BCUT2D eigenvalue weighted by molar-refractivity contribution is 5.90. The summed E-state index contributed by atoms with van der Waals surface area (Å²) in [4.78, 5) is 26.4. The molecule has 0 spiro atoms. The number of aryl methyl sites for hydroxylation is 2. The number of rotatable bonds is 6. The Morgan fingerprint density at radius 2 is 1.16 bits per heavy atom. The molecule has 2 aliphatic heterocycles. The number of benzene rings is 2. The van der Waals surface area contributed by atoms with Gasteiger partial charge >= 0.3 is 0 Å². The van der Waals surface area contributed by atoms with E-state index < -0.39 is 0 Å². The quantitative estimate of drug-likeness (QED) is 0.647. The average molecular weight is 437 g/mol. The van der Waals surface area contributed by atoms with Crippen molar-refractivity contribution in [2.75, 3.05) is 13.2 Å². The van der Waals surface area contributed by atoms with Gasteiger partial charge < -0.3 is 0 Å². The Kier molecular flexibility index (Phi) is 6.29. The lowest BCUT2D eigenvalue weighted by Gasteiger charge is -2.36. The predicted molar refractivity (Wildman–Crippen MR) is 125 cm³/mol. The SMILES string of the molecule is Cc1ccccc1CN1OCC(C)(C)C1C(=O)C1N(Cc2ccccc2C)OCC1(C)C. The number of ketones is 1. The first-order chi connectivity index (χ1) is 15.1. The van der Waals surface area contributed by atoms with E-state index in [2.05, 4.69) is 65.8 Å². The van der Waals surface area contributed by atoms with E-state index in [4.69, 9.17) is 9.68 Å². The molecule has 0 N–H and O–H groups in total. The molecular formula is C27H36N2O3. The number of Topliss-reactive ketones (excluding diaryl/α,β-unsaturated/α-hetero) is 1. The fourth-order valence-electron chi connectivity index (χ4n) is 4.97. The highest BCUT2D eigenvalue weighted by atomic mass is 16.7. The van der Waals surface area contributed by atoms with E-state index in [1.54, 1.807) is 0 Å². The minimum atomic E-state index is -0.340. The van der Waals surface area contributed by atoms with Crippen LogP contribution in [0.3, 0.4) is 0 Å². The molecule has 2 aliphatic rings. The Hall–Kier alpha value is -2.05. The van der Waals surface area contributed by atoms with Gasteiger partial charge in [-0.25, -0.2) is 0 Å². The summed E-state index contributed by atoms with van der Waals surface area (Å²) in [6.45, 7) is 15.0. The van der Waals surface area contributed by atoms with Gasteiger partial charge in [0.15, 0.2) is 5.78 Å². The molecule has 32 heavy (non-hydrogen) atoms. The fourth-order valence-corrected chi connectivity index (χ4v) is 4.97. The topological polar surface area (TPSA) is 42.0 Å². The van der Waals surface area contributed by atoms with E-state index in [-0.39, 0.29) is 28.7 Å². The molecule has 2 atom stereocenters. The van der Waals surface area contributed by atoms with Crippen LogP contribution in [0.25, 0.3) is 0 Å². The van der Waals surface area contributed by atoms with Gasteiger partial charge in [-0.15, -0.1) is 0 Å². The Morgan fingerprint density at radius 1 is 0.781 bits per heavy atom. The van der Waals surface area contributed by atoms with E-state index >= 15 is 0 Å². The molecule has 0 aliphatic carbocycles. The number of hydrogen-bond acceptors (Lipinski definition) is 5. The zero-order chi connectivity index (χ0) is 23.1. The lowest BCUT2D eigenvalue weighted by atomic mass is 9.75. The van der Waals surface area contributed by atoms with Gasteiger partial charge in [0, 0.05) is 10.8 Å². The predicted octanol–water partition coefficient (Wildman–Crippen LogP) is 4.86. The van der Waals surface area contributed by atoms with E-state index in [1.807, 2.05) is 34.4 Å². The van der Waals surface area contributed by atoms with Crippen LogP contribution in [0.2, 0.25) is 0 Å². The molecular weight excluding hydrogens is 400 g/mol. The van der Waals surface area contributed by atoms with Crippen molar-refractivity contribution in [1.82, 2.24) is 10.1 Å².